The SMILES string of the molecule is CCC(C)N(C)CCNC(=O)Cn1cnc(N)n1. The van der Waals surface area contributed by atoms with E-state index in [-0.39, 0.29) is 18.4 Å². The highest BCUT2D eigenvalue weighted by molar-refractivity contribution is 5.75. The molecule has 1 heterocycles. The molecule has 102 valence electrons. The maximum atomic E-state index is 11.6. The van der Waals surface area contributed by atoms with E-state index in [2.05, 4.69) is 41.2 Å². The van der Waals surface area contributed by atoms with Gasteiger partial charge in [0.25, 0.3) is 0 Å². The van der Waals surface area contributed by atoms with Gasteiger partial charge in [-0.2, -0.15) is 0 Å². The molecule has 0 aliphatic carbocycles. The summed E-state index contributed by atoms with van der Waals surface area (Å²) in [4.78, 5) is 17.6. The number of hydrogen-bond acceptors (Lipinski definition) is 5. The predicted molar refractivity (Wildman–Crippen MR) is 69.8 cm³/mol. The van der Waals surface area contributed by atoms with Gasteiger partial charge in [-0.15, -0.1) is 5.10 Å². The molecule has 0 aliphatic rings. The molecule has 0 saturated carbocycles. The Morgan fingerprint density at radius 3 is 2.94 bits per heavy atom. The third kappa shape index (κ3) is 4.70. The number of likely N-dealkylation sites (N-methyl/N-ethyl adjacent to an activating group) is 1. The number of amides is 1. The van der Waals surface area contributed by atoms with Crippen LogP contribution in [0.2, 0.25) is 0 Å². The Morgan fingerprint density at radius 2 is 2.39 bits per heavy atom. The Kier molecular flexibility index (Phi) is 5.57. The minimum Gasteiger partial charge on any atom is -0.367 e. The van der Waals surface area contributed by atoms with Gasteiger partial charge in [0, 0.05) is 19.1 Å². The maximum Gasteiger partial charge on any atom is 0.241 e. The average Bonchev–Trinajstić information content (AvgIpc) is 2.73. The van der Waals surface area contributed by atoms with Crippen LogP contribution in [0.3, 0.4) is 0 Å². The number of rotatable bonds is 7. The number of hydrogen-bond donors (Lipinski definition) is 2. The third-order valence-corrected chi connectivity index (χ3v) is 2.99. The fourth-order valence-corrected chi connectivity index (χ4v) is 1.49. The topological polar surface area (TPSA) is 89.1 Å². The summed E-state index contributed by atoms with van der Waals surface area (Å²) in [5, 5.41) is 6.69. The molecule has 7 nitrogen and oxygen atoms in total. The van der Waals surface area contributed by atoms with E-state index in [0.29, 0.717) is 12.6 Å². The fourth-order valence-electron chi connectivity index (χ4n) is 1.49. The van der Waals surface area contributed by atoms with E-state index in [4.69, 9.17) is 5.73 Å². The van der Waals surface area contributed by atoms with Crippen molar-refractivity contribution in [2.75, 3.05) is 25.9 Å². The number of carbonyl (C=O) groups excluding carboxylic acids is 1. The van der Waals surface area contributed by atoms with Crippen LogP contribution >= 0.6 is 0 Å². The van der Waals surface area contributed by atoms with Crippen LogP contribution in [-0.2, 0) is 11.3 Å². The van der Waals surface area contributed by atoms with Crippen molar-refractivity contribution in [1.82, 2.24) is 25.0 Å². The van der Waals surface area contributed by atoms with Gasteiger partial charge in [-0.3, -0.25) is 4.79 Å². The van der Waals surface area contributed by atoms with E-state index in [9.17, 15) is 4.79 Å². The van der Waals surface area contributed by atoms with Crippen molar-refractivity contribution >= 4 is 11.9 Å². The van der Waals surface area contributed by atoms with Gasteiger partial charge in [0.05, 0.1) is 0 Å². The van der Waals surface area contributed by atoms with E-state index in [1.165, 1.54) is 11.0 Å². The van der Waals surface area contributed by atoms with Gasteiger partial charge in [0.15, 0.2) is 0 Å². The Labute approximate surface area is 107 Å². The summed E-state index contributed by atoms with van der Waals surface area (Å²) < 4.78 is 1.42. The molecule has 0 bridgehead atoms. The molecule has 0 aromatic carbocycles. The highest BCUT2D eigenvalue weighted by Crippen LogP contribution is 1.98. The standard InChI is InChI=1S/C11H22N6O/c1-4-9(2)16(3)6-5-13-10(18)7-17-8-14-11(12)15-17/h8-9H,4-7H2,1-3H3,(H2,12,15)(H,13,18). The summed E-state index contributed by atoms with van der Waals surface area (Å²) in [6.45, 7) is 5.93. The summed E-state index contributed by atoms with van der Waals surface area (Å²) >= 11 is 0. The molecule has 0 aliphatic heterocycles. The van der Waals surface area contributed by atoms with Crippen LogP contribution in [0.4, 0.5) is 5.95 Å². The summed E-state index contributed by atoms with van der Waals surface area (Å²) in [5.74, 6) is 0.0942. The van der Waals surface area contributed by atoms with E-state index in [0.717, 1.165) is 13.0 Å². The monoisotopic (exact) mass is 254 g/mol. The average molecular weight is 254 g/mol. The van der Waals surface area contributed by atoms with Crippen molar-refractivity contribution in [1.29, 1.82) is 0 Å². The Morgan fingerprint density at radius 1 is 1.67 bits per heavy atom. The smallest absolute Gasteiger partial charge is 0.241 e. The minimum absolute atomic E-state index is 0.0857. The van der Waals surface area contributed by atoms with Crippen LogP contribution < -0.4 is 11.1 Å². The van der Waals surface area contributed by atoms with Crippen LogP contribution in [0.15, 0.2) is 6.33 Å². The second-order valence-corrected chi connectivity index (χ2v) is 4.39. The van der Waals surface area contributed by atoms with Crippen molar-refractivity contribution < 1.29 is 4.79 Å². The number of anilines is 1. The van der Waals surface area contributed by atoms with Crippen molar-refractivity contribution in [3.8, 4) is 0 Å². The van der Waals surface area contributed by atoms with Gasteiger partial charge in [0.1, 0.15) is 12.9 Å². The molecule has 0 spiro atoms. The number of nitrogens with zero attached hydrogens (tertiary/aromatic N) is 4. The molecule has 1 aromatic heterocycles. The number of aromatic nitrogens is 3. The first-order valence-corrected chi connectivity index (χ1v) is 6.14. The van der Waals surface area contributed by atoms with Crippen molar-refractivity contribution in [3.63, 3.8) is 0 Å². The molecule has 1 amide bonds. The second-order valence-electron chi connectivity index (χ2n) is 4.39. The Bertz CT molecular complexity index is 377. The highest BCUT2D eigenvalue weighted by Gasteiger charge is 2.08. The van der Waals surface area contributed by atoms with Crippen LogP contribution in [0.5, 0.6) is 0 Å². The molecule has 1 aromatic rings. The quantitative estimate of drug-likeness (QED) is 0.698. The lowest BCUT2D eigenvalue weighted by atomic mass is 10.2. The van der Waals surface area contributed by atoms with E-state index in [1.807, 2.05) is 0 Å². The molecule has 3 N–H and O–H groups in total. The molecule has 1 unspecified atom stereocenters. The summed E-state index contributed by atoms with van der Waals surface area (Å²) in [6, 6.07) is 0.525. The number of carbonyl (C=O) groups is 1. The summed E-state index contributed by atoms with van der Waals surface area (Å²) in [6.07, 6.45) is 2.54. The lowest BCUT2D eigenvalue weighted by Gasteiger charge is -2.23. The molecular formula is C11H22N6O. The van der Waals surface area contributed by atoms with Crippen molar-refractivity contribution in [2.45, 2.75) is 32.9 Å². The van der Waals surface area contributed by atoms with E-state index in [1.54, 1.807) is 0 Å². The molecule has 0 fully saturated rings. The third-order valence-electron chi connectivity index (χ3n) is 2.99. The first-order chi connectivity index (χ1) is 8.52. The van der Waals surface area contributed by atoms with Crippen LogP contribution in [-0.4, -0.2) is 51.8 Å². The number of nitrogens with one attached hydrogen (secondary N) is 1. The van der Waals surface area contributed by atoms with E-state index < -0.39 is 0 Å². The van der Waals surface area contributed by atoms with Crippen molar-refractivity contribution in [3.05, 3.63) is 6.33 Å². The van der Waals surface area contributed by atoms with Crippen LogP contribution in [0, 0.1) is 0 Å². The molecule has 7 heteroatoms. The lowest BCUT2D eigenvalue weighted by Crippen LogP contribution is -2.38. The van der Waals surface area contributed by atoms with Gasteiger partial charge < -0.3 is 16.0 Å². The zero-order valence-corrected chi connectivity index (χ0v) is 11.3. The van der Waals surface area contributed by atoms with Gasteiger partial charge in [-0.05, 0) is 20.4 Å². The first kappa shape index (κ1) is 14.4. The largest absolute Gasteiger partial charge is 0.367 e. The minimum atomic E-state index is -0.0857. The number of nitrogen functional groups attached to an aromatic ring is 1. The zero-order valence-electron chi connectivity index (χ0n) is 11.3. The zero-order chi connectivity index (χ0) is 13.5. The van der Waals surface area contributed by atoms with Gasteiger partial charge in [0.2, 0.25) is 11.9 Å². The Hall–Kier alpha value is -1.63. The van der Waals surface area contributed by atoms with Gasteiger partial charge in [-0.25, -0.2) is 9.67 Å². The van der Waals surface area contributed by atoms with E-state index >= 15 is 0 Å². The van der Waals surface area contributed by atoms with Crippen LogP contribution in [0.25, 0.3) is 0 Å². The second kappa shape index (κ2) is 6.95. The molecule has 0 saturated heterocycles. The normalized spacial score (nSPS) is 12.7. The maximum absolute atomic E-state index is 11.6. The summed E-state index contributed by atoms with van der Waals surface area (Å²) in [5.41, 5.74) is 5.36. The molecule has 0 radical (unpaired) electrons. The Balaban J connectivity index is 2.21. The molecule has 1 atom stereocenters. The summed E-state index contributed by atoms with van der Waals surface area (Å²) in [7, 11) is 2.05. The van der Waals surface area contributed by atoms with Crippen LogP contribution in [0.1, 0.15) is 20.3 Å². The first-order valence-electron chi connectivity index (χ1n) is 6.14. The highest BCUT2D eigenvalue weighted by atomic mass is 16.2. The predicted octanol–water partition coefficient (Wildman–Crippen LogP) is -0.293. The van der Waals surface area contributed by atoms with Gasteiger partial charge >= 0.3 is 0 Å². The fraction of sp³-hybridized carbons (Fsp3) is 0.727. The number of nitrogens with two attached hydrogens (primary N) is 1. The van der Waals surface area contributed by atoms with Crippen molar-refractivity contribution in [2.24, 2.45) is 0 Å². The molecular weight excluding hydrogens is 232 g/mol. The molecule has 18 heavy (non-hydrogen) atoms. The lowest BCUT2D eigenvalue weighted by molar-refractivity contribution is -0.121. The molecule has 1 rings (SSSR count). The van der Waals surface area contributed by atoms with Gasteiger partial charge in [-0.1, -0.05) is 6.92 Å².